The first-order chi connectivity index (χ1) is 15.8. The average molecular weight is 484 g/mol. The number of hydrazone groups is 1. The molecular formula is C21H17N5O5S2. The Morgan fingerprint density at radius 1 is 0.758 bits per heavy atom. The van der Waals surface area contributed by atoms with E-state index >= 15 is 0 Å². The fourth-order valence-corrected chi connectivity index (χ4v) is 4.49. The number of benzene rings is 2. The summed E-state index contributed by atoms with van der Waals surface area (Å²) in [5, 5.41) is 3.73. The van der Waals surface area contributed by atoms with Gasteiger partial charge in [-0.15, -0.1) is 0 Å². The Balaban J connectivity index is 1.44. The van der Waals surface area contributed by atoms with E-state index in [2.05, 4.69) is 24.6 Å². The zero-order chi connectivity index (χ0) is 23.3. The summed E-state index contributed by atoms with van der Waals surface area (Å²) in [7, 11) is -7.63. The highest BCUT2D eigenvalue weighted by atomic mass is 32.2. The van der Waals surface area contributed by atoms with E-state index in [0.717, 1.165) is 0 Å². The molecule has 12 heteroatoms. The first-order valence-corrected chi connectivity index (χ1v) is 12.4. The van der Waals surface area contributed by atoms with E-state index in [1.807, 2.05) is 0 Å². The first kappa shape index (κ1) is 22.2. The van der Waals surface area contributed by atoms with Gasteiger partial charge in [-0.3, -0.25) is 0 Å². The van der Waals surface area contributed by atoms with Gasteiger partial charge in [0.15, 0.2) is 0 Å². The van der Waals surface area contributed by atoms with Gasteiger partial charge in [-0.2, -0.15) is 18.4 Å². The molecule has 10 nitrogen and oxygen atoms in total. The molecule has 0 unspecified atom stereocenters. The molecule has 0 spiro atoms. The molecule has 0 fully saturated rings. The highest BCUT2D eigenvalue weighted by molar-refractivity contribution is 7.92. The Labute approximate surface area is 190 Å². The van der Waals surface area contributed by atoms with Crippen LogP contribution in [-0.2, 0) is 20.0 Å². The normalized spacial score (nSPS) is 12.0. The van der Waals surface area contributed by atoms with Crippen LogP contribution in [0.1, 0.15) is 5.76 Å². The van der Waals surface area contributed by atoms with Gasteiger partial charge in [0.05, 0.1) is 16.0 Å². The van der Waals surface area contributed by atoms with Crippen LogP contribution in [0, 0.1) is 0 Å². The Bertz CT molecular complexity index is 1470. The molecule has 0 radical (unpaired) electrons. The third-order valence-corrected chi connectivity index (χ3v) is 6.87. The Morgan fingerprint density at radius 3 is 2.12 bits per heavy atom. The summed E-state index contributed by atoms with van der Waals surface area (Å²) in [6, 6.07) is 18.7. The van der Waals surface area contributed by atoms with Gasteiger partial charge in [0.2, 0.25) is 5.95 Å². The molecule has 168 valence electrons. The molecule has 2 N–H and O–H groups in total. The lowest BCUT2D eigenvalue weighted by Crippen LogP contribution is -2.18. The number of hydrogen-bond donors (Lipinski definition) is 2. The van der Waals surface area contributed by atoms with Crippen LogP contribution in [0.3, 0.4) is 0 Å². The van der Waals surface area contributed by atoms with E-state index in [-0.39, 0.29) is 15.7 Å². The molecule has 0 aliphatic heterocycles. The molecule has 0 aliphatic rings. The zero-order valence-electron chi connectivity index (χ0n) is 16.9. The summed E-state index contributed by atoms with van der Waals surface area (Å²) in [6.45, 7) is 0. The van der Waals surface area contributed by atoms with Crippen LogP contribution >= 0.6 is 0 Å². The second-order valence-corrected chi connectivity index (χ2v) is 9.91. The Kier molecular flexibility index (Phi) is 6.20. The van der Waals surface area contributed by atoms with Crippen molar-refractivity contribution in [2.24, 2.45) is 5.10 Å². The van der Waals surface area contributed by atoms with Crippen molar-refractivity contribution in [2.45, 2.75) is 9.79 Å². The van der Waals surface area contributed by atoms with E-state index in [1.165, 1.54) is 42.9 Å². The van der Waals surface area contributed by atoms with Crippen LogP contribution in [0.4, 0.5) is 5.95 Å². The molecular weight excluding hydrogens is 466 g/mol. The van der Waals surface area contributed by atoms with Crippen molar-refractivity contribution in [2.75, 3.05) is 4.72 Å². The van der Waals surface area contributed by atoms with E-state index in [1.54, 1.807) is 48.5 Å². The smallest absolute Gasteiger partial charge is 0.276 e. The number of aromatic nitrogens is 2. The minimum absolute atomic E-state index is 0.0283. The summed E-state index contributed by atoms with van der Waals surface area (Å²) < 4.78 is 57.2. The van der Waals surface area contributed by atoms with Gasteiger partial charge >= 0.3 is 0 Å². The van der Waals surface area contributed by atoms with Crippen LogP contribution in [0.2, 0.25) is 0 Å². The van der Waals surface area contributed by atoms with Crippen LogP contribution in [-0.4, -0.2) is 33.0 Å². The van der Waals surface area contributed by atoms with Crippen molar-refractivity contribution in [3.8, 4) is 11.3 Å². The minimum atomic E-state index is -3.85. The Morgan fingerprint density at radius 2 is 1.42 bits per heavy atom. The van der Waals surface area contributed by atoms with E-state index in [9.17, 15) is 16.8 Å². The highest BCUT2D eigenvalue weighted by Gasteiger charge is 2.16. The molecule has 2 aromatic carbocycles. The van der Waals surface area contributed by atoms with Gasteiger partial charge in [0, 0.05) is 18.0 Å². The summed E-state index contributed by atoms with van der Waals surface area (Å²) in [4.78, 5) is 9.92. The minimum Gasteiger partial charge on any atom is -0.455 e. The van der Waals surface area contributed by atoms with Crippen molar-refractivity contribution in [3.63, 3.8) is 0 Å². The molecule has 4 rings (SSSR count). The monoisotopic (exact) mass is 483 g/mol. The van der Waals surface area contributed by atoms with Gasteiger partial charge in [0.25, 0.3) is 20.0 Å². The van der Waals surface area contributed by atoms with E-state index in [0.29, 0.717) is 17.1 Å². The lowest BCUT2D eigenvalue weighted by Gasteiger charge is -2.06. The second kappa shape index (κ2) is 9.22. The summed E-state index contributed by atoms with van der Waals surface area (Å²) in [5.74, 6) is 0.727. The highest BCUT2D eigenvalue weighted by Crippen LogP contribution is 2.24. The van der Waals surface area contributed by atoms with Crippen LogP contribution in [0.5, 0.6) is 0 Å². The van der Waals surface area contributed by atoms with Crippen molar-refractivity contribution < 1.29 is 21.3 Å². The lowest BCUT2D eigenvalue weighted by atomic mass is 10.2. The number of hydrogen-bond acceptors (Lipinski definition) is 8. The first-order valence-electron chi connectivity index (χ1n) is 9.43. The van der Waals surface area contributed by atoms with E-state index in [4.69, 9.17) is 4.42 Å². The standard InChI is InChI=1S/C21H17N5O5S2/c27-32(28,25-21-22-13-4-14-23-21)19-10-7-16(8-11-19)20-12-9-17(31-20)15-24-26-33(29,30)18-5-2-1-3-6-18/h1-15,26H,(H,22,23,25). The number of nitrogens with zero attached hydrogens (tertiary/aromatic N) is 3. The third kappa shape index (κ3) is 5.42. The quantitative estimate of drug-likeness (QED) is 0.290. The molecule has 0 bridgehead atoms. The van der Waals surface area contributed by atoms with Gasteiger partial charge < -0.3 is 4.42 Å². The Hall–Kier alpha value is -4.03. The number of furan rings is 1. The van der Waals surface area contributed by atoms with E-state index < -0.39 is 20.0 Å². The molecule has 33 heavy (non-hydrogen) atoms. The molecule has 0 aliphatic carbocycles. The predicted molar refractivity (Wildman–Crippen MR) is 121 cm³/mol. The fourth-order valence-electron chi connectivity index (χ4n) is 2.72. The average Bonchev–Trinajstić information content (AvgIpc) is 3.29. The number of nitrogens with one attached hydrogen (secondary N) is 2. The molecule has 0 atom stereocenters. The molecule has 2 heterocycles. The number of sulfonamides is 2. The zero-order valence-corrected chi connectivity index (χ0v) is 18.5. The second-order valence-electron chi connectivity index (χ2n) is 6.57. The summed E-state index contributed by atoms with van der Waals surface area (Å²) in [6.07, 6.45) is 4.09. The largest absolute Gasteiger partial charge is 0.455 e. The lowest BCUT2D eigenvalue weighted by molar-refractivity contribution is 0.573. The van der Waals surface area contributed by atoms with Crippen LogP contribution < -0.4 is 9.55 Å². The maximum Gasteiger partial charge on any atom is 0.276 e. The summed E-state index contributed by atoms with van der Waals surface area (Å²) in [5.41, 5.74) is 0.620. The molecule has 4 aromatic rings. The maximum absolute atomic E-state index is 12.5. The molecule has 0 saturated carbocycles. The van der Waals surface area contributed by atoms with Crippen molar-refractivity contribution in [3.05, 3.63) is 91.0 Å². The van der Waals surface area contributed by atoms with Gasteiger partial charge in [0.1, 0.15) is 11.5 Å². The van der Waals surface area contributed by atoms with Crippen molar-refractivity contribution in [1.29, 1.82) is 0 Å². The van der Waals surface area contributed by atoms with Crippen LogP contribution in [0.15, 0.2) is 104 Å². The molecule has 0 saturated heterocycles. The van der Waals surface area contributed by atoms with Gasteiger partial charge in [-0.25, -0.2) is 23.1 Å². The van der Waals surface area contributed by atoms with Gasteiger partial charge in [-0.05, 0) is 54.6 Å². The molecule has 2 aromatic heterocycles. The van der Waals surface area contributed by atoms with Crippen molar-refractivity contribution in [1.82, 2.24) is 14.8 Å². The number of anilines is 1. The maximum atomic E-state index is 12.5. The van der Waals surface area contributed by atoms with Gasteiger partial charge in [-0.1, -0.05) is 18.2 Å². The number of rotatable bonds is 8. The topological polar surface area (TPSA) is 144 Å². The molecule has 0 amide bonds. The fraction of sp³-hybridized carbons (Fsp3) is 0. The predicted octanol–water partition coefficient (Wildman–Crippen LogP) is 2.85. The SMILES string of the molecule is O=S(=O)(NN=Cc1ccc(-c2ccc(S(=O)(=O)Nc3ncccn3)cc2)o1)c1ccccc1. The third-order valence-electron chi connectivity index (χ3n) is 4.29. The van der Waals surface area contributed by atoms with Crippen molar-refractivity contribution >= 4 is 32.2 Å². The van der Waals surface area contributed by atoms with Crippen LogP contribution in [0.25, 0.3) is 11.3 Å². The summed E-state index contributed by atoms with van der Waals surface area (Å²) >= 11 is 0.